The topological polar surface area (TPSA) is 74.6 Å². The molecular weight excluding hydrogens is 408 g/mol. The number of hydrogen-bond acceptors (Lipinski definition) is 5. The fraction of sp³-hybridized carbons (Fsp3) is 0.273. The van der Waals surface area contributed by atoms with E-state index in [0.717, 1.165) is 16.9 Å². The van der Waals surface area contributed by atoms with Crippen LogP contribution in [0.4, 0.5) is 14.5 Å². The van der Waals surface area contributed by atoms with Crippen LogP contribution in [0.5, 0.6) is 17.2 Å². The Hall–Kier alpha value is -3.62. The predicted octanol–water partition coefficient (Wildman–Crippen LogP) is 4.79. The average Bonchev–Trinajstić information content (AvgIpc) is 3.18. The van der Waals surface area contributed by atoms with Crippen LogP contribution in [0.15, 0.2) is 48.7 Å². The molecule has 0 saturated heterocycles. The normalized spacial score (nSPS) is 10.8. The molecule has 3 rings (SSSR count). The van der Waals surface area contributed by atoms with Gasteiger partial charge in [-0.2, -0.15) is 13.9 Å². The number of hydrogen-bond donors (Lipinski definition) is 1. The van der Waals surface area contributed by atoms with Gasteiger partial charge in [-0.05, 0) is 50.6 Å². The van der Waals surface area contributed by atoms with E-state index < -0.39 is 12.5 Å². The fourth-order valence-electron chi connectivity index (χ4n) is 2.89. The van der Waals surface area contributed by atoms with Gasteiger partial charge in [0, 0.05) is 18.0 Å². The first kappa shape index (κ1) is 22.1. The second kappa shape index (κ2) is 9.92. The Kier molecular flexibility index (Phi) is 7.07. The lowest BCUT2D eigenvalue weighted by molar-refractivity contribution is -0.0514. The first-order valence-corrected chi connectivity index (χ1v) is 9.62. The number of anilines is 1. The molecule has 2 aromatic carbocycles. The Morgan fingerprint density at radius 2 is 1.84 bits per heavy atom. The van der Waals surface area contributed by atoms with Crippen LogP contribution in [0.25, 0.3) is 0 Å². The van der Waals surface area contributed by atoms with Gasteiger partial charge in [0.25, 0.3) is 5.91 Å². The van der Waals surface area contributed by atoms with Gasteiger partial charge >= 0.3 is 6.61 Å². The van der Waals surface area contributed by atoms with E-state index in [4.69, 9.17) is 9.47 Å². The molecule has 31 heavy (non-hydrogen) atoms. The van der Waals surface area contributed by atoms with Gasteiger partial charge in [-0.15, -0.1) is 0 Å². The highest BCUT2D eigenvalue weighted by molar-refractivity contribution is 6.02. The van der Waals surface area contributed by atoms with Crippen molar-refractivity contribution in [3.05, 3.63) is 65.5 Å². The van der Waals surface area contributed by atoms with Gasteiger partial charge in [-0.25, -0.2) is 4.68 Å². The van der Waals surface area contributed by atoms with E-state index >= 15 is 0 Å². The Morgan fingerprint density at radius 1 is 1.06 bits per heavy atom. The van der Waals surface area contributed by atoms with Crippen LogP contribution in [0.2, 0.25) is 0 Å². The van der Waals surface area contributed by atoms with Crippen LogP contribution in [0.1, 0.15) is 28.5 Å². The minimum absolute atomic E-state index is 0.105. The van der Waals surface area contributed by atoms with Gasteiger partial charge in [-0.1, -0.05) is 17.7 Å². The summed E-state index contributed by atoms with van der Waals surface area (Å²) in [6.07, 6.45) is 1.63. The maximum Gasteiger partial charge on any atom is 0.387 e. The summed E-state index contributed by atoms with van der Waals surface area (Å²) in [6, 6.07) is 11.6. The number of benzene rings is 2. The standard InChI is InChI=1S/C22H23F2N3O4/c1-4-29-20-12-16(6-8-19(20)31-22(23)24)25-21(28)17-9-10-27(26-17)13-30-18-7-5-14(2)11-15(18)3/h5-12,22H,4,13H2,1-3H3,(H,25,28). The lowest BCUT2D eigenvalue weighted by Gasteiger charge is -2.13. The number of carbonyl (C=O) groups excluding carboxylic acids is 1. The smallest absolute Gasteiger partial charge is 0.387 e. The van der Waals surface area contributed by atoms with Crippen molar-refractivity contribution in [2.45, 2.75) is 34.1 Å². The first-order valence-electron chi connectivity index (χ1n) is 9.62. The molecule has 0 radical (unpaired) electrons. The Labute approximate surface area is 178 Å². The molecule has 0 fully saturated rings. The molecule has 0 spiro atoms. The lowest BCUT2D eigenvalue weighted by atomic mass is 10.1. The number of aromatic nitrogens is 2. The van der Waals surface area contributed by atoms with E-state index in [1.54, 1.807) is 19.2 Å². The zero-order valence-corrected chi connectivity index (χ0v) is 17.4. The molecule has 0 aliphatic carbocycles. The summed E-state index contributed by atoms with van der Waals surface area (Å²) in [5.41, 5.74) is 2.69. The van der Waals surface area contributed by atoms with Crippen molar-refractivity contribution in [1.82, 2.24) is 9.78 Å². The average molecular weight is 431 g/mol. The molecular formula is C22H23F2N3O4. The summed E-state index contributed by atoms with van der Waals surface area (Å²) < 4.78 is 42.0. The van der Waals surface area contributed by atoms with Crippen molar-refractivity contribution < 1.29 is 27.8 Å². The van der Waals surface area contributed by atoms with Crippen molar-refractivity contribution in [3.63, 3.8) is 0 Å². The summed E-state index contributed by atoms with van der Waals surface area (Å²) in [6.45, 7) is 3.09. The van der Waals surface area contributed by atoms with Crippen LogP contribution in [-0.4, -0.2) is 28.9 Å². The number of nitrogens with zero attached hydrogens (tertiary/aromatic N) is 2. The molecule has 1 aromatic heterocycles. The molecule has 0 bridgehead atoms. The minimum Gasteiger partial charge on any atom is -0.490 e. The molecule has 0 aliphatic rings. The van der Waals surface area contributed by atoms with Crippen LogP contribution in [0.3, 0.4) is 0 Å². The molecule has 0 saturated carbocycles. The molecule has 3 aromatic rings. The van der Waals surface area contributed by atoms with Crippen molar-refractivity contribution in [3.8, 4) is 17.2 Å². The van der Waals surface area contributed by atoms with Gasteiger partial charge in [-0.3, -0.25) is 4.79 Å². The van der Waals surface area contributed by atoms with E-state index in [2.05, 4.69) is 15.2 Å². The van der Waals surface area contributed by atoms with Crippen LogP contribution >= 0.6 is 0 Å². The van der Waals surface area contributed by atoms with Gasteiger partial charge in [0.05, 0.1) is 6.61 Å². The third kappa shape index (κ3) is 5.94. The minimum atomic E-state index is -2.98. The number of rotatable bonds is 9. The zero-order valence-electron chi connectivity index (χ0n) is 17.4. The van der Waals surface area contributed by atoms with E-state index in [0.29, 0.717) is 5.69 Å². The second-order valence-corrected chi connectivity index (χ2v) is 6.71. The van der Waals surface area contributed by atoms with Crippen molar-refractivity contribution in [1.29, 1.82) is 0 Å². The molecule has 164 valence electrons. The van der Waals surface area contributed by atoms with Crippen molar-refractivity contribution >= 4 is 11.6 Å². The van der Waals surface area contributed by atoms with E-state index in [1.807, 2.05) is 32.0 Å². The molecule has 1 amide bonds. The molecule has 1 N–H and O–H groups in total. The van der Waals surface area contributed by atoms with Crippen LogP contribution in [0, 0.1) is 13.8 Å². The first-order chi connectivity index (χ1) is 14.9. The SMILES string of the molecule is CCOc1cc(NC(=O)c2ccn(COc3ccc(C)cc3C)n2)ccc1OC(F)F. The molecule has 0 aliphatic heterocycles. The molecule has 0 unspecified atom stereocenters. The summed E-state index contributed by atoms with van der Waals surface area (Å²) in [7, 11) is 0. The number of aryl methyl sites for hydroxylation is 2. The second-order valence-electron chi connectivity index (χ2n) is 6.71. The summed E-state index contributed by atoms with van der Waals surface area (Å²) >= 11 is 0. The van der Waals surface area contributed by atoms with E-state index in [-0.39, 0.29) is 30.5 Å². The number of nitrogens with one attached hydrogen (secondary N) is 1. The van der Waals surface area contributed by atoms with E-state index in [9.17, 15) is 13.6 Å². The van der Waals surface area contributed by atoms with Crippen LogP contribution in [-0.2, 0) is 6.73 Å². The highest BCUT2D eigenvalue weighted by atomic mass is 19.3. The third-order valence-electron chi connectivity index (χ3n) is 4.27. The van der Waals surface area contributed by atoms with Crippen molar-refractivity contribution in [2.24, 2.45) is 0 Å². The Morgan fingerprint density at radius 3 is 2.55 bits per heavy atom. The number of ether oxygens (including phenoxy) is 3. The molecule has 7 nitrogen and oxygen atoms in total. The predicted molar refractivity (Wildman–Crippen MR) is 111 cm³/mol. The Balaban J connectivity index is 1.64. The van der Waals surface area contributed by atoms with Gasteiger partial charge in [0.15, 0.2) is 23.9 Å². The lowest BCUT2D eigenvalue weighted by Crippen LogP contribution is -2.14. The fourth-order valence-corrected chi connectivity index (χ4v) is 2.89. The third-order valence-corrected chi connectivity index (χ3v) is 4.27. The van der Waals surface area contributed by atoms with Gasteiger partial charge < -0.3 is 19.5 Å². The van der Waals surface area contributed by atoms with Gasteiger partial charge in [0.2, 0.25) is 0 Å². The molecule has 9 heteroatoms. The highest BCUT2D eigenvalue weighted by Crippen LogP contribution is 2.32. The Bertz CT molecular complexity index is 1050. The monoisotopic (exact) mass is 431 g/mol. The summed E-state index contributed by atoms with van der Waals surface area (Å²) in [5.74, 6) is 0.271. The largest absolute Gasteiger partial charge is 0.490 e. The molecule has 0 atom stereocenters. The summed E-state index contributed by atoms with van der Waals surface area (Å²) in [4.78, 5) is 12.5. The quantitative estimate of drug-likeness (QED) is 0.527. The molecule has 1 heterocycles. The van der Waals surface area contributed by atoms with Crippen molar-refractivity contribution in [2.75, 3.05) is 11.9 Å². The number of halogens is 2. The van der Waals surface area contributed by atoms with Crippen LogP contribution < -0.4 is 19.5 Å². The number of carbonyl (C=O) groups is 1. The van der Waals surface area contributed by atoms with E-state index in [1.165, 1.54) is 22.9 Å². The maximum atomic E-state index is 12.5. The highest BCUT2D eigenvalue weighted by Gasteiger charge is 2.15. The van der Waals surface area contributed by atoms with Gasteiger partial charge in [0.1, 0.15) is 5.75 Å². The number of alkyl halides is 2. The number of amides is 1. The zero-order chi connectivity index (χ0) is 22.4. The summed E-state index contributed by atoms with van der Waals surface area (Å²) in [5, 5.41) is 6.87. The maximum absolute atomic E-state index is 12.5.